The lowest BCUT2D eigenvalue weighted by molar-refractivity contribution is 0.0985. The van der Waals surface area contributed by atoms with Gasteiger partial charge in [0.05, 0.1) is 30.7 Å². The zero-order valence-electron chi connectivity index (χ0n) is 12.5. The molecule has 0 bridgehead atoms. The van der Waals surface area contributed by atoms with E-state index in [2.05, 4.69) is 21.8 Å². The number of hydrogen-bond acceptors (Lipinski definition) is 5. The van der Waals surface area contributed by atoms with E-state index in [-0.39, 0.29) is 22.5 Å². The average molecular weight is 346 g/mol. The Morgan fingerprint density at radius 1 is 1.55 bits per heavy atom. The monoisotopic (exact) mass is 345 g/mol. The molecule has 6 nitrogen and oxygen atoms in total. The first-order valence-corrected chi connectivity index (χ1v) is 9.12. The van der Waals surface area contributed by atoms with Crippen molar-refractivity contribution in [3.63, 3.8) is 0 Å². The molecule has 2 fully saturated rings. The Labute approximate surface area is 137 Å². The highest BCUT2D eigenvalue weighted by Crippen LogP contribution is 2.44. The van der Waals surface area contributed by atoms with E-state index in [0.717, 1.165) is 37.3 Å². The van der Waals surface area contributed by atoms with Gasteiger partial charge in [0.1, 0.15) is 5.82 Å². The van der Waals surface area contributed by atoms with Gasteiger partial charge in [0, 0.05) is 18.0 Å². The molecular weight excluding hydrogens is 326 g/mol. The number of nitrogens with zero attached hydrogens (tertiary/aromatic N) is 3. The molecule has 1 aromatic heterocycles. The molecule has 1 aliphatic heterocycles. The maximum atomic E-state index is 11.3. The lowest BCUT2D eigenvalue weighted by atomic mass is 9.68. The minimum Gasteiger partial charge on any atom is -0.377 e. The fourth-order valence-corrected chi connectivity index (χ4v) is 4.29. The third-order valence-electron chi connectivity index (χ3n) is 4.60. The highest BCUT2D eigenvalue weighted by Gasteiger charge is 2.42. The molecule has 8 heteroatoms. The zero-order valence-corrected chi connectivity index (χ0v) is 14.1. The first kappa shape index (κ1) is 16.1. The van der Waals surface area contributed by atoms with Gasteiger partial charge in [-0.1, -0.05) is 6.42 Å². The van der Waals surface area contributed by atoms with Crippen molar-refractivity contribution in [3.8, 4) is 0 Å². The van der Waals surface area contributed by atoms with E-state index in [1.54, 1.807) is 0 Å². The van der Waals surface area contributed by atoms with Crippen molar-refractivity contribution in [2.24, 2.45) is 0 Å². The van der Waals surface area contributed by atoms with Gasteiger partial charge in [-0.2, -0.15) is 0 Å². The Hall–Kier alpha value is -0.760. The molecule has 122 valence electrons. The maximum Gasteiger partial charge on any atom is 0.224 e. The van der Waals surface area contributed by atoms with E-state index in [1.165, 1.54) is 0 Å². The van der Waals surface area contributed by atoms with Crippen molar-refractivity contribution in [2.75, 3.05) is 30.4 Å². The van der Waals surface area contributed by atoms with Crippen molar-refractivity contribution >= 4 is 28.5 Å². The second-order valence-electron chi connectivity index (χ2n) is 6.10. The van der Waals surface area contributed by atoms with E-state index in [0.29, 0.717) is 13.2 Å². The number of ether oxygens (including phenoxy) is 1. The van der Waals surface area contributed by atoms with Crippen LogP contribution in [-0.2, 0) is 21.2 Å². The number of aromatic nitrogens is 2. The molecule has 0 spiro atoms. The van der Waals surface area contributed by atoms with E-state index in [9.17, 15) is 8.76 Å². The van der Waals surface area contributed by atoms with E-state index >= 15 is 0 Å². The van der Waals surface area contributed by atoms with Gasteiger partial charge < -0.3 is 14.2 Å². The van der Waals surface area contributed by atoms with E-state index < -0.39 is 11.1 Å². The summed E-state index contributed by atoms with van der Waals surface area (Å²) in [4.78, 5) is 10.9. The Kier molecular flexibility index (Phi) is 4.68. The topological polar surface area (TPSA) is 75.5 Å². The lowest BCUT2D eigenvalue weighted by Gasteiger charge is -2.41. The van der Waals surface area contributed by atoms with Crippen molar-refractivity contribution in [2.45, 2.75) is 37.6 Å². The smallest absolute Gasteiger partial charge is 0.224 e. The predicted molar refractivity (Wildman–Crippen MR) is 85.8 cm³/mol. The van der Waals surface area contributed by atoms with Gasteiger partial charge in [-0.25, -0.2) is 14.2 Å². The van der Waals surface area contributed by atoms with Crippen LogP contribution < -0.4 is 4.90 Å². The standard InChI is InChI=1S/C14H20ClN3O3S/c1-10-8-21-6-5-18(10)12-7-11(16-13(15)17-12)14(3-2-4-14)9-22(19)20/h7,10H,2-6,8-9H2,1H3,(H,19,20)/t10-/m0/s1. The summed E-state index contributed by atoms with van der Waals surface area (Å²) >= 11 is 4.28. The molecule has 2 heterocycles. The second kappa shape index (κ2) is 6.39. The largest absolute Gasteiger partial charge is 0.377 e. The van der Waals surface area contributed by atoms with Crippen LogP contribution in [0.4, 0.5) is 5.82 Å². The van der Waals surface area contributed by atoms with Crippen LogP contribution in [0.3, 0.4) is 0 Å². The van der Waals surface area contributed by atoms with Crippen LogP contribution in [0.5, 0.6) is 0 Å². The van der Waals surface area contributed by atoms with Crippen molar-refractivity contribution in [1.29, 1.82) is 0 Å². The van der Waals surface area contributed by atoms with Crippen LogP contribution in [0.1, 0.15) is 31.9 Å². The van der Waals surface area contributed by atoms with Crippen LogP contribution in [0, 0.1) is 0 Å². The average Bonchev–Trinajstić information content (AvgIpc) is 2.42. The quantitative estimate of drug-likeness (QED) is 0.664. The Morgan fingerprint density at radius 2 is 2.32 bits per heavy atom. The molecular formula is C14H20ClN3O3S. The summed E-state index contributed by atoms with van der Waals surface area (Å²) in [6.45, 7) is 4.15. The minimum atomic E-state index is -1.85. The fourth-order valence-electron chi connectivity index (χ4n) is 3.21. The SMILES string of the molecule is C[C@H]1COCCN1c1cc(C2(CS(=O)O)CCC2)nc(Cl)n1. The molecule has 1 saturated heterocycles. The lowest BCUT2D eigenvalue weighted by Crippen LogP contribution is -2.45. The summed E-state index contributed by atoms with van der Waals surface area (Å²) in [6.07, 6.45) is 2.78. The number of halogens is 1. The molecule has 1 saturated carbocycles. The summed E-state index contributed by atoms with van der Waals surface area (Å²) in [5.41, 5.74) is 0.450. The molecule has 2 aliphatic rings. The molecule has 1 unspecified atom stereocenters. The highest BCUT2D eigenvalue weighted by atomic mass is 35.5. The summed E-state index contributed by atoms with van der Waals surface area (Å²) < 4.78 is 26.1. The Balaban J connectivity index is 1.94. The van der Waals surface area contributed by atoms with Crippen LogP contribution >= 0.6 is 11.6 Å². The van der Waals surface area contributed by atoms with Gasteiger partial charge >= 0.3 is 0 Å². The van der Waals surface area contributed by atoms with Crippen molar-refractivity contribution < 1.29 is 13.5 Å². The number of anilines is 1. The van der Waals surface area contributed by atoms with E-state index in [4.69, 9.17) is 16.3 Å². The summed E-state index contributed by atoms with van der Waals surface area (Å²) in [5.74, 6) is 0.985. The van der Waals surface area contributed by atoms with Crippen molar-refractivity contribution in [1.82, 2.24) is 9.97 Å². The third-order valence-corrected chi connectivity index (χ3v) is 5.57. The van der Waals surface area contributed by atoms with Crippen LogP contribution in [0.2, 0.25) is 5.28 Å². The number of hydrogen-bond donors (Lipinski definition) is 1. The fraction of sp³-hybridized carbons (Fsp3) is 0.714. The van der Waals surface area contributed by atoms with Crippen molar-refractivity contribution in [3.05, 3.63) is 17.0 Å². The first-order chi connectivity index (χ1) is 10.5. The van der Waals surface area contributed by atoms with Gasteiger partial charge in [-0.3, -0.25) is 0 Å². The summed E-state index contributed by atoms with van der Waals surface area (Å²) in [5, 5.41) is 0.196. The minimum absolute atomic E-state index is 0.196. The highest BCUT2D eigenvalue weighted by molar-refractivity contribution is 7.79. The molecule has 1 aromatic rings. The van der Waals surface area contributed by atoms with Crippen LogP contribution in [0.25, 0.3) is 0 Å². The van der Waals surface area contributed by atoms with Gasteiger partial charge in [0.15, 0.2) is 11.1 Å². The molecule has 1 aliphatic carbocycles. The summed E-state index contributed by atoms with van der Waals surface area (Å²) in [6, 6.07) is 2.15. The first-order valence-electron chi connectivity index (χ1n) is 7.47. The molecule has 2 atom stereocenters. The molecule has 1 N–H and O–H groups in total. The summed E-state index contributed by atoms with van der Waals surface area (Å²) in [7, 11) is 0. The zero-order chi connectivity index (χ0) is 15.7. The van der Waals surface area contributed by atoms with Gasteiger partial charge in [-0.05, 0) is 31.4 Å². The molecule has 0 aromatic carbocycles. The Bertz CT molecular complexity index is 582. The van der Waals surface area contributed by atoms with Crippen LogP contribution in [0.15, 0.2) is 6.07 Å². The van der Waals surface area contributed by atoms with Gasteiger partial charge in [0.2, 0.25) is 5.28 Å². The Morgan fingerprint density at radius 3 is 2.91 bits per heavy atom. The third kappa shape index (κ3) is 3.13. The molecule has 22 heavy (non-hydrogen) atoms. The van der Waals surface area contributed by atoms with Gasteiger partial charge in [0.25, 0.3) is 0 Å². The molecule has 3 rings (SSSR count). The van der Waals surface area contributed by atoms with Crippen LogP contribution in [-0.4, -0.2) is 50.3 Å². The molecule has 0 radical (unpaired) electrons. The number of morpholine rings is 1. The van der Waals surface area contributed by atoms with Gasteiger partial charge in [-0.15, -0.1) is 0 Å². The second-order valence-corrected chi connectivity index (χ2v) is 7.37. The maximum absolute atomic E-state index is 11.3. The predicted octanol–water partition coefficient (Wildman–Crippen LogP) is 2.00. The van der Waals surface area contributed by atoms with E-state index in [1.807, 2.05) is 6.07 Å². The molecule has 0 amide bonds. The number of rotatable bonds is 4. The normalized spacial score (nSPS) is 25.6.